The molecule has 0 aliphatic carbocycles. The average molecular weight is 337 g/mol. The molecule has 0 atom stereocenters. The van der Waals surface area contributed by atoms with Crippen molar-refractivity contribution < 1.29 is 0 Å². The third-order valence-electron chi connectivity index (χ3n) is 3.17. The molecule has 0 bridgehead atoms. The zero-order valence-electron chi connectivity index (χ0n) is 10.6. The second-order valence-electron chi connectivity index (χ2n) is 4.35. The summed E-state index contributed by atoms with van der Waals surface area (Å²) < 4.78 is 2.94. The van der Waals surface area contributed by atoms with E-state index in [2.05, 4.69) is 48.7 Å². The first kappa shape index (κ1) is 12.8. The maximum absolute atomic E-state index is 5.64. The molecule has 0 aliphatic rings. The Kier molecular flexibility index (Phi) is 3.16. The number of imidazole rings is 1. The molecule has 3 rings (SSSR count). The average Bonchev–Trinajstić information content (AvgIpc) is 2.91. The molecule has 0 amide bonds. The van der Waals surface area contributed by atoms with Gasteiger partial charge in [-0.3, -0.25) is 0 Å². The summed E-state index contributed by atoms with van der Waals surface area (Å²) in [6.45, 7) is 2.48. The topological polar surface area (TPSA) is 56.7 Å². The molecule has 0 spiro atoms. The minimum atomic E-state index is 0.466. The van der Waals surface area contributed by atoms with Crippen molar-refractivity contribution in [2.75, 3.05) is 0 Å². The lowest BCUT2D eigenvalue weighted by Crippen LogP contribution is -1.93. The van der Waals surface area contributed by atoms with Crippen LogP contribution in [-0.2, 0) is 13.6 Å². The van der Waals surface area contributed by atoms with Crippen LogP contribution in [0, 0.1) is 6.92 Å². The number of hydrogen-bond donors (Lipinski definition) is 1. The molecule has 6 heteroatoms. The number of thiazole rings is 1. The summed E-state index contributed by atoms with van der Waals surface area (Å²) in [7, 11) is 2.03. The Labute approximate surface area is 123 Å². The zero-order valence-corrected chi connectivity index (χ0v) is 13.0. The van der Waals surface area contributed by atoms with E-state index >= 15 is 0 Å². The molecule has 0 saturated carbocycles. The van der Waals surface area contributed by atoms with Crippen LogP contribution in [0.2, 0.25) is 0 Å². The Balaban J connectivity index is 2.17. The lowest BCUT2D eigenvalue weighted by molar-refractivity contribution is 0.886. The Bertz CT molecular complexity index is 759. The number of nitrogens with zero attached hydrogens (tertiary/aromatic N) is 3. The summed E-state index contributed by atoms with van der Waals surface area (Å²) in [5.74, 6) is 1.01. The van der Waals surface area contributed by atoms with Gasteiger partial charge in [-0.25, -0.2) is 9.97 Å². The van der Waals surface area contributed by atoms with Gasteiger partial charge in [-0.2, -0.15) is 0 Å². The zero-order chi connectivity index (χ0) is 13.6. The van der Waals surface area contributed by atoms with Crippen molar-refractivity contribution in [1.29, 1.82) is 0 Å². The van der Waals surface area contributed by atoms with Crippen LogP contribution in [0.15, 0.2) is 22.8 Å². The van der Waals surface area contributed by atoms with Gasteiger partial charge >= 0.3 is 0 Å². The highest BCUT2D eigenvalue weighted by Gasteiger charge is 2.12. The van der Waals surface area contributed by atoms with E-state index in [4.69, 9.17) is 5.73 Å². The number of fused-ring (bicyclic) bond motifs is 1. The summed E-state index contributed by atoms with van der Waals surface area (Å²) in [5.41, 5.74) is 8.90. The van der Waals surface area contributed by atoms with Gasteiger partial charge in [-0.05, 0) is 40.5 Å². The first-order chi connectivity index (χ1) is 9.10. The summed E-state index contributed by atoms with van der Waals surface area (Å²) in [5, 5.41) is 0.930. The minimum Gasteiger partial charge on any atom is -0.331 e. The Morgan fingerprint density at radius 2 is 2.16 bits per heavy atom. The number of aromatic nitrogens is 3. The summed E-state index contributed by atoms with van der Waals surface area (Å²) in [6, 6.07) is 6.29. The molecule has 98 valence electrons. The number of nitrogens with two attached hydrogens (primary N) is 1. The van der Waals surface area contributed by atoms with E-state index in [9.17, 15) is 0 Å². The third kappa shape index (κ3) is 2.09. The fourth-order valence-electron chi connectivity index (χ4n) is 2.07. The normalized spacial score (nSPS) is 11.4. The van der Waals surface area contributed by atoms with Crippen LogP contribution < -0.4 is 5.73 Å². The van der Waals surface area contributed by atoms with Crippen LogP contribution in [0.4, 0.5) is 0 Å². The lowest BCUT2D eigenvalue weighted by Gasteiger charge is -1.99. The van der Waals surface area contributed by atoms with Gasteiger partial charge in [0.1, 0.15) is 15.4 Å². The molecule has 4 nitrogen and oxygen atoms in total. The fraction of sp³-hybridized carbons (Fsp3) is 0.231. The molecule has 2 heterocycles. The van der Waals surface area contributed by atoms with Crippen molar-refractivity contribution in [2.45, 2.75) is 13.5 Å². The van der Waals surface area contributed by atoms with Crippen molar-refractivity contribution >= 4 is 38.3 Å². The van der Waals surface area contributed by atoms with Gasteiger partial charge in [-0.1, -0.05) is 6.07 Å². The van der Waals surface area contributed by atoms with Gasteiger partial charge < -0.3 is 10.3 Å². The van der Waals surface area contributed by atoms with E-state index in [1.54, 1.807) is 11.3 Å². The maximum atomic E-state index is 5.64. The highest BCUT2D eigenvalue weighted by atomic mass is 79.9. The first-order valence-electron chi connectivity index (χ1n) is 5.89. The van der Waals surface area contributed by atoms with Crippen LogP contribution >= 0.6 is 27.3 Å². The molecule has 1 aromatic carbocycles. The van der Waals surface area contributed by atoms with E-state index in [0.717, 1.165) is 36.9 Å². The van der Waals surface area contributed by atoms with Gasteiger partial charge in [-0.15, -0.1) is 11.3 Å². The number of hydrogen-bond acceptors (Lipinski definition) is 4. The summed E-state index contributed by atoms with van der Waals surface area (Å²) in [6.07, 6.45) is 0. The molecular formula is C13H13BrN4S. The second kappa shape index (κ2) is 4.70. The molecule has 0 aliphatic heterocycles. The third-order valence-corrected chi connectivity index (χ3v) is 5.13. The highest BCUT2D eigenvalue weighted by molar-refractivity contribution is 9.10. The van der Waals surface area contributed by atoms with Crippen molar-refractivity contribution in [1.82, 2.24) is 14.5 Å². The van der Waals surface area contributed by atoms with Gasteiger partial charge in [0.25, 0.3) is 0 Å². The van der Waals surface area contributed by atoms with Gasteiger partial charge in [0.05, 0.1) is 15.9 Å². The Hall–Kier alpha value is -1.24. The molecule has 3 aromatic rings. The van der Waals surface area contributed by atoms with Gasteiger partial charge in [0.2, 0.25) is 0 Å². The van der Waals surface area contributed by atoms with Gasteiger partial charge in [0, 0.05) is 13.6 Å². The monoisotopic (exact) mass is 336 g/mol. The smallest absolute Gasteiger partial charge is 0.125 e. The number of rotatable bonds is 2. The fourth-order valence-corrected chi connectivity index (χ4v) is 3.70. The van der Waals surface area contributed by atoms with Crippen LogP contribution in [0.3, 0.4) is 0 Å². The predicted octanol–water partition coefficient (Wildman–Crippen LogP) is 3.23. The molecule has 0 radical (unpaired) electrons. The quantitative estimate of drug-likeness (QED) is 0.781. The molecular weight excluding hydrogens is 324 g/mol. The Morgan fingerprint density at radius 3 is 2.84 bits per heavy atom. The Morgan fingerprint density at radius 1 is 1.37 bits per heavy atom. The van der Waals surface area contributed by atoms with Crippen LogP contribution in [0.25, 0.3) is 21.5 Å². The summed E-state index contributed by atoms with van der Waals surface area (Å²) >= 11 is 5.11. The van der Waals surface area contributed by atoms with Crippen LogP contribution in [-0.4, -0.2) is 14.5 Å². The lowest BCUT2D eigenvalue weighted by atomic mass is 10.2. The number of aryl methyl sites for hydroxylation is 2. The minimum absolute atomic E-state index is 0.466. The largest absolute Gasteiger partial charge is 0.331 e. The van der Waals surface area contributed by atoms with Crippen molar-refractivity contribution in [2.24, 2.45) is 12.8 Å². The standard InChI is InChI=1S/C13H13BrN4S/c1-7-16-9-5-8(3-4-10(9)18(7)2)12-13(14)17-11(6-15)19-12/h3-5H,6,15H2,1-2H3. The molecule has 0 fully saturated rings. The van der Waals surface area contributed by atoms with E-state index in [0.29, 0.717) is 6.54 Å². The maximum Gasteiger partial charge on any atom is 0.125 e. The highest BCUT2D eigenvalue weighted by Crippen LogP contribution is 2.35. The predicted molar refractivity (Wildman–Crippen MR) is 82.2 cm³/mol. The van der Waals surface area contributed by atoms with Crippen LogP contribution in [0.1, 0.15) is 10.8 Å². The SMILES string of the molecule is Cc1nc2cc(-c3sc(CN)nc3Br)ccc2n1C. The van der Waals surface area contributed by atoms with E-state index in [1.165, 1.54) is 0 Å². The van der Waals surface area contributed by atoms with E-state index < -0.39 is 0 Å². The van der Waals surface area contributed by atoms with Gasteiger partial charge in [0.15, 0.2) is 0 Å². The van der Waals surface area contributed by atoms with Crippen molar-refractivity contribution in [3.63, 3.8) is 0 Å². The second-order valence-corrected chi connectivity index (χ2v) is 6.19. The molecule has 19 heavy (non-hydrogen) atoms. The van der Waals surface area contributed by atoms with E-state index in [-0.39, 0.29) is 0 Å². The molecule has 0 unspecified atom stereocenters. The number of halogens is 1. The van der Waals surface area contributed by atoms with Crippen molar-refractivity contribution in [3.05, 3.63) is 33.6 Å². The van der Waals surface area contributed by atoms with Crippen LogP contribution in [0.5, 0.6) is 0 Å². The molecule has 2 aromatic heterocycles. The molecule has 2 N–H and O–H groups in total. The van der Waals surface area contributed by atoms with Crippen molar-refractivity contribution in [3.8, 4) is 10.4 Å². The van der Waals surface area contributed by atoms with E-state index in [1.807, 2.05) is 14.0 Å². The molecule has 0 saturated heterocycles. The first-order valence-corrected chi connectivity index (χ1v) is 7.50. The summed E-state index contributed by atoms with van der Waals surface area (Å²) in [4.78, 5) is 10.1. The number of benzene rings is 1.